The van der Waals surface area contributed by atoms with E-state index in [-0.39, 0.29) is 17.4 Å². The van der Waals surface area contributed by atoms with Gasteiger partial charge in [0, 0.05) is 12.0 Å². The fourth-order valence-electron chi connectivity index (χ4n) is 2.89. The van der Waals surface area contributed by atoms with E-state index in [0.717, 1.165) is 37.6 Å². The summed E-state index contributed by atoms with van der Waals surface area (Å²) in [7, 11) is 0. The number of alkyl halides is 3. The second-order valence-electron chi connectivity index (χ2n) is 5.23. The van der Waals surface area contributed by atoms with Gasteiger partial charge in [0.2, 0.25) is 0 Å². The molecule has 0 amide bonds. The third kappa shape index (κ3) is 2.21. The summed E-state index contributed by atoms with van der Waals surface area (Å²) >= 11 is 0. The molecule has 3 rings (SSSR count). The highest BCUT2D eigenvalue weighted by molar-refractivity contribution is 5.53. The van der Waals surface area contributed by atoms with Gasteiger partial charge in [-0.25, -0.2) is 9.50 Å². The molecule has 0 bridgehead atoms. The van der Waals surface area contributed by atoms with Crippen LogP contribution in [0, 0.1) is 0 Å². The van der Waals surface area contributed by atoms with Crippen LogP contribution in [0.5, 0.6) is 0 Å². The molecule has 1 fully saturated rings. The third-order valence-electron chi connectivity index (χ3n) is 3.85. The molecule has 1 aliphatic carbocycles. The molecule has 1 aliphatic rings. The van der Waals surface area contributed by atoms with Crippen LogP contribution in [-0.4, -0.2) is 14.6 Å². The number of nitrogens with zero attached hydrogens (tertiary/aromatic N) is 3. The molecule has 0 aromatic carbocycles. The molecule has 0 aliphatic heterocycles. The number of nitrogens with two attached hydrogens (primary N) is 1. The first kappa shape index (κ1) is 13.2. The number of rotatable bonds is 1. The second kappa shape index (κ2) is 4.64. The first-order valence-corrected chi connectivity index (χ1v) is 6.68. The summed E-state index contributed by atoms with van der Waals surface area (Å²) in [5.74, 6) is 0.321. The molecule has 2 N–H and O–H groups in total. The Hall–Kier alpha value is -1.79. The molecule has 7 heteroatoms. The highest BCUT2D eigenvalue weighted by Gasteiger charge is 2.36. The predicted molar refractivity (Wildman–Crippen MR) is 68.2 cm³/mol. The molecule has 0 saturated heterocycles. The molecule has 2 aromatic rings. The Kier molecular flexibility index (Phi) is 3.07. The first-order chi connectivity index (χ1) is 9.47. The summed E-state index contributed by atoms with van der Waals surface area (Å²) in [6.07, 6.45) is 1.62. The van der Waals surface area contributed by atoms with Crippen LogP contribution in [0.3, 0.4) is 0 Å². The zero-order valence-corrected chi connectivity index (χ0v) is 10.8. The molecule has 2 heterocycles. The monoisotopic (exact) mass is 284 g/mol. The van der Waals surface area contributed by atoms with Crippen LogP contribution in [0.2, 0.25) is 0 Å². The maximum atomic E-state index is 12.9. The van der Waals surface area contributed by atoms with Crippen LogP contribution in [0.4, 0.5) is 19.0 Å². The third-order valence-corrected chi connectivity index (χ3v) is 3.85. The van der Waals surface area contributed by atoms with Crippen LogP contribution >= 0.6 is 0 Å². The number of halogens is 3. The minimum absolute atomic E-state index is 0.115. The lowest BCUT2D eigenvalue weighted by atomic mass is 9.87. The second-order valence-corrected chi connectivity index (χ2v) is 5.23. The Morgan fingerprint density at radius 3 is 2.55 bits per heavy atom. The fraction of sp³-hybridized carbons (Fsp3) is 0.538. The highest BCUT2D eigenvalue weighted by Crippen LogP contribution is 2.36. The fourth-order valence-corrected chi connectivity index (χ4v) is 2.89. The topological polar surface area (TPSA) is 56.2 Å². The Bertz CT molecular complexity index is 626. The van der Waals surface area contributed by atoms with E-state index in [9.17, 15) is 13.2 Å². The number of hydrogen-bond acceptors (Lipinski definition) is 3. The van der Waals surface area contributed by atoms with Crippen molar-refractivity contribution in [2.75, 3.05) is 5.73 Å². The zero-order valence-electron chi connectivity index (χ0n) is 10.8. The van der Waals surface area contributed by atoms with Gasteiger partial charge in [0.05, 0.1) is 11.9 Å². The average molecular weight is 284 g/mol. The van der Waals surface area contributed by atoms with Gasteiger partial charge in [-0.15, -0.1) is 0 Å². The number of aromatic nitrogens is 3. The summed E-state index contributed by atoms with van der Waals surface area (Å²) in [5, 5.41) is 3.88. The summed E-state index contributed by atoms with van der Waals surface area (Å²) in [6.45, 7) is 0. The van der Waals surface area contributed by atoms with Crippen LogP contribution in [0.25, 0.3) is 5.65 Å². The zero-order chi connectivity index (χ0) is 14.3. The number of hydrogen-bond donors (Lipinski definition) is 1. The lowest BCUT2D eigenvalue weighted by Crippen LogP contribution is -2.13. The van der Waals surface area contributed by atoms with Gasteiger partial charge in [0.25, 0.3) is 0 Å². The van der Waals surface area contributed by atoms with Crippen LogP contribution in [0.1, 0.15) is 49.3 Å². The summed E-state index contributed by atoms with van der Waals surface area (Å²) in [4.78, 5) is 3.82. The predicted octanol–water partition coefficient (Wildman–Crippen LogP) is 3.38. The van der Waals surface area contributed by atoms with Crippen molar-refractivity contribution in [3.8, 4) is 0 Å². The van der Waals surface area contributed by atoms with E-state index in [4.69, 9.17) is 5.73 Å². The Balaban J connectivity index is 2.15. The lowest BCUT2D eigenvalue weighted by Gasteiger charge is -2.22. The Labute approximate surface area is 113 Å². The van der Waals surface area contributed by atoms with Crippen LogP contribution in [-0.2, 0) is 6.18 Å². The molecule has 2 aromatic heterocycles. The van der Waals surface area contributed by atoms with Gasteiger partial charge >= 0.3 is 6.18 Å². The van der Waals surface area contributed by atoms with Gasteiger partial charge in [-0.05, 0) is 12.8 Å². The maximum Gasteiger partial charge on any atom is 0.421 e. The van der Waals surface area contributed by atoms with E-state index >= 15 is 0 Å². The number of nitrogen functional groups attached to an aromatic ring is 1. The van der Waals surface area contributed by atoms with E-state index < -0.39 is 11.7 Å². The normalized spacial score (nSPS) is 17.8. The molecule has 0 spiro atoms. The Morgan fingerprint density at radius 2 is 1.90 bits per heavy atom. The van der Waals surface area contributed by atoms with Crippen molar-refractivity contribution in [3.63, 3.8) is 0 Å². The molecule has 0 unspecified atom stereocenters. The Morgan fingerprint density at radius 1 is 1.20 bits per heavy atom. The van der Waals surface area contributed by atoms with Gasteiger partial charge in [0.15, 0.2) is 5.65 Å². The van der Waals surface area contributed by atoms with Crippen molar-refractivity contribution in [2.45, 2.75) is 44.2 Å². The van der Waals surface area contributed by atoms with E-state index in [0.29, 0.717) is 0 Å². The van der Waals surface area contributed by atoms with Crippen LogP contribution in [0.15, 0.2) is 12.3 Å². The van der Waals surface area contributed by atoms with Gasteiger partial charge < -0.3 is 5.73 Å². The standard InChI is InChI=1S/C13H15F3N4/c14-13(15,16)9-7-18-20-10(6-11(17)19-12(9)20)8-4-2-1-3-5-8/h6-8H,1-5H2,(H2,17,19). The first-order valence-electron chi connectivity index (χ1n) is 6.68. The van der Waals surface area contributed by atoms with Crippen molar-refractivity contribution in [1.29, 1.82) is 0 Å². The molecular formula is C13H15F3N4. The van der Waals surface area contributed by atoms with Gasteiger partial charge in [-0.2, -0.15) is 18.3 Å². The minimum atomic E-state index is -4.47. The molecule has 4 nitrogen and oxygen atoms in total. The summed E-state index contributed by atoms with van der Waals surface area (Å²) in [6, 6.07) is 1.65. The van der Waals surface area contributed by atoms with E-state index in [1.807, 2.05) is 0 Å². The van der Waals surface area contributed by atoms with E-state index in [1.165, 1.54) is 10.9 Å². The number of fused-ring (bicyclic) bond motifs is 1. The molecule has 20 heavy (non-hydrogen) atoms. The van der Waals surface area contributed by atoms with Crippen molar-refractivity contribution in [2.24, 2.45) is 0 Å². The molecular weight excluding hydrogens is 269 g/mol. The number of anilines is 1. The van der Waals surface area contributed by atoms with Crippen LogP contribution < -0.4 is 5.73 Å². The van der Waals surface area contributed by atoms with E-state index in [2.05, 4.69) is 10.1 Å². The van der Waals surface area contributed by atoms with E-state index in [1.54, 1.807) is 6.07 Å². The van der Waals surface area contributed by atoms with Gasteiger partial charge in [-0.3, -0.25) is 0 Å². The van der Waals surface area contributed by atoms with Crippen molar-refractivity contribution in [3.05, 3.63) is 23.5 Å². The summed E-state index contributed by atoms with van der Waals surface area (Å²) in [5.41, 5.74) is 5.39. The minimum Gasteiger partial charge on any atom is -0.384 e. The van der Waals surface area contributed by atoms with Crippen molar-refractivity contribution in [1.82, 2.24) is 14.6 Å². The van der Waals surface area contributed by atoms with Gasteiger partial charge in [-0.1, -0.05) is 19.3 Å². The van der Waals surface area contributed by atoms with Crippen molar-refractivity contribution < 1.29 is 13.2 Å². The maximum absolute atomic E-state index is 12.9. The molecule has 108 valence electrons. The quantitative estimate of drug-likeness (QED) is 0.873. The SMILES string of the molecule is Nc1cc(C2CCCCC2)n2ncc(C(F)(F)F)c2n1. The molecule has 1 saturated carbocycles. The smallest absolute Gasteiger partial charge is 0.384 e. The molecule has 0 atom stereocenters. The largest absolute Gasteiger partial charge is 0.421 e. The lowest BCUT2D eigenvalue weighted by molar-refractivity contribution is -0.136. The highest BCUT2D eigenvalue weighted by atomic mass is 19.4. The summed E-state index contributed by atoms with van der Waals surface area (Å²) < 4.78 is 40.1. The van der Waals surface area contributed by atoms with Crippen molar-refractivity contribution >= 4 is 11.5 Å². The average Bonchev–Trinajstić information content (AvgIpc) is 2.82. The molecule has 0 radical (unpaired) electrons. The van der Waals surface area contributed by atoms with Gasteiger partial charge in [0.1, 0.15) is 11.4 Å².